The molecule has 0 amide bonds. The van der Waals surface area contributed by atoms with Crippen LogP contribution in [0.4, 0.5) is 11.6 Å². The highest BCUT2D eigenvalue weighted by Crippen LogP contribution is 2.21. The van der Waals surface area contributed by atoms with Crippen LogP contribution in [0.25, 0.3) is 0 Å². The molecule has 1 aromatic heterocycles. The Labute approximate surface area is 111 Å². The number of anilines is 2. The number of hydrogen-bond acceptors (Lipinski definition) is 4. The molecule has 0 aromatic carbocycles. The van der Waals surface area contributed by atoms with Crippen LogP contribution < -0.4 is 10.6 Å². The van der Waals surface area contributed by atoms with E-state index >= 15 is 0 Å². The van der Waals surface area contributed by atoms with Gasteiger partial charge < -0.3 is 10.6 Å². The van der Waals surface area contributed by atoms with Crippen molar-refractivity contribution in [1.82, 2.24) is 9.97 Å². The highest BCUT2D eigenvalue weighted by atomic mass is 15.1. The van der Waals surface area contributed by atoms with E-state index in [1.165, 1.54) is 0 Å². The minimum absolute atomic E-state index is 0.456. The molecule has 0 radical (unpaired) electrons. The summed E-state index contributed by atoms with van der Waals surface area (Å²) >= 11 is 0. The number of nitrogens with zero attached hydrogens (tertiary/aromatic N) is 2. The van der Waals surface area contributed by atoms with Gasteiger partial charge in [0.2, 0.25) is 0 Å². The fraction of sp³-hybridized carbons (Fsp3) is 0.714. The predicted octanol–water partition coefficient (Wildman–Crippen LogP) is 3.45. The summed E-state index contributed by atoms with van der Waals surface area (Å²) in [6, 6.07) is 0.456. The third kappa shape index (κ3) is 3.86. The van der Waals surface area contributed by atoms with Crippen molar-refractivity contribution < 1.29 is 0 Å². The van der Waals surface area contributed by atoms with Crippen LogP contribution in [0.2, 0.25) is 0 Å². The highest BCUT2D eigenvalue weighted by Gasteiger charge is 2.14. The Morgan fingerprint density at radius 1 is 1.17 bits per heavy atom. The van der Waals surface area contributed by atoms with Crippen LogP contribution in [0.3, 0.4) is 0 Å². The van der Waals surface area contributed by atoms with Gasteiger partial charge in [0.15, 0.2) is 0 Å². The van der Waals surface area contributed by atoms with Crippen molar-refractivity contribution in [2.75, 3.05) is 17.2 Å². The third-order valence-electron chi connectivity index (χ3n) is 3.19. The minimum atomic E-state index is 0.456. The first-order valence-electron chi connectivity index (χ1n) is 6.92. The first kappa shape index (κ1) is 14.7. The molecule has 0 fully saturated rings. The van der Waals surface area contributed by atoms with E-state index in [0.29, 0.717) is 12.0 Å². The van der Waals surface area contributed by atoms with E-state index in [4.69, 9.17) is 0 Å². The number of hydrogen-bond donors (Lipinski definition) is 2. The average molecular weight is 250 g/mol. The molecule has 1 atom stereocenters. The van der Waals surface area contributed by atoms with Crippen molar-refractivity contribution in [3.63, 3.8) is 0 Å². The molecular formula is C14H26N4. The number of aromatic nitrogens is 2. The van der Waals surface area contributed by atoms with E-state index in [9.17, 15) is 0 Å². The van der Waals surface area contributed by atoms with Crippen molar-refractivity contribution in [3.8, 4) is 0 Å². The molecule has 1 rings (SSSR count). The normalized spacial score (nSPS) is 12.6. The van der Waals surface area contributed by atoms with Crippen LogP contribution in [-0.2, 0) is 0 Å². The first-order chi connectivity index (χ1) is 8.60. The fourth-order valence-corrected chi connectivity index (χ4v) is 1.93. The van der Waals surface area contributed by atoms with Crippen molar-refractivity contribution >= 4 is 11.6 Å². The lowest BCUT2D eigenvalue weighted by atomic mass is 10.0. The second kappa shape index (κ2) is 7.19. The van der Waals surface area contributed by atoms with E-state index in [0.717, 1.165) is 36.6 Å². The molecule has 0 saturated heterocycles. The maximum Gasteiger partial charge on any atom is 0.134 e. The molecule has 0 aliphatic rings. The second-order valence-electron chi connectivity index (χ2n) is 5.03. The SMILES string of the molecule is CCCNc1ncnc(NC(CC)C(C)C)c1C. The van der Waals surface area contributed by atoms with Gasteiger partial charge in [-0.15, -0.1) is 0 Å². The van der Waals surface area contributed by atoms with Crippen LogP contribution >= 0.6 is 0 Å². The predicted molar refractivity (Wildman–Crippen MR) is 78.1 cm³/mol. The molecule has 0 bridgehead atoms. The Balaban J connectivity index is 2.82. The molecule has 1 aromatic rings. The second-order valence-corrected chi connectivity index (χ2v) is 5.03. The maximum absolute atomic E-state index is 4.35. The Morgan fingerprint density at radius 2 is 1.83 bits per heavy atom. The van der Waals surface area contributed by atoms with E-state index in [-0.39, 0.29) is 0 Å². The van der Waals surface area contributed by atoms with Gasteiger partial charge in [-0.2, -0.15) is 0 Å². The van der Waals surface area contributed by atoms with Gasteiger partial charge in [-0.1, -0.05) is 27.7 Å². The molecule has 1 heterocycles. The van der Waals surface area contributed by atoms with Crippen molar-refractivity contribution in [2.24, 2.45) is 5.92 Å². The largest absolute Gasteiger partial charge is 0.370 e. The average Bonchev–Trinajstić information content (AvgIpc) is 2.35. The van der Waals surface area contributed by atoms with Crippen LogP contribution in [0, 0.1) is 12.8 Å². The van der Waals surface area contributed by atoms with Gasteiger partial charge in [-0.05, 0) is 25.7 Å². The summed E-state index contributed by atoms with van der Waals surface area (Å²) in [5.74, 6) is 2.48. The zero-order valence-electron chi connectivity index (χ0n) is 12.2. The lowest BCUT2D eigenvalue weighted by Crippen LogP contribution is -2.26. The van der Waals surface area contributed by atoms with E-state index in [2.05, 4.69) is 55.2 Å². The highest BCUT2D eigenvalue weighted by molar-refractivity contribution is 5.56. The monoisotopic (exact) mass is 250 g/mol. The van der Waals surface area contributed by atoms with Gasteiger partial charge in [-0.25, -0.2) is 9.97 Å². The summed E-state index contributed by atoms with van der Waals surface area (Å²) in [7, 11) is 0. The molecule has 0 aliphatic carbocycles. The quantitative estimate of drug-likeness (QED) is 0.778. The van der Waals surface area contributed by atoms with E-state index in [1.807, 2.05) is 0 Å². The van der Waals surface area contributed by atoms with Gasteiger partial charge in [-0.3, -0.25) is 0 Å². The Hall–Kier alpha value is -1.32. The van der Waals surface area contributed by atoms with Gasteiger partial charge >= 0.3 is 0 Å². The van der Waals surface area contributed by atoms with Gasteiger partial charge in [0.25, 0.3) is 0 Å². The smallest absolute Gasteiger partial charge is 0.134 e. The van der Waals surface area contributed by atoms with Crippen LogP contribution in [-0.4, -0.2) is 22.6 Å². The molecule has 1 unspecified atom stereocenters. The van der Waals surface area contributed by atoms with Crippen LogP contribution in [0.1, 0.15) is 46.1 Å². The van der Waals surface area contributed by atoms with Crippen LogP contribution in [0.5, 0.6) is 0 Å². The Kier molecular flexibility index (Phi) is 5.89. The molecule has 102 valence electrons. The molecular weight excluding hydrogens is 224 g/mol. The summed E-state index contributed by atoms with van der Waals surface area (Å²) in [6.45, 7) is 11.8. The lowest BCUT2D eigenvalue weighted by Gasteiger charge is -2.22. The summed E-state index contributed by atoms with van der Waals surface area (Å²) in [5, 5.41) is 6.85. The summed E-state index contributed by atoms with van der Waals surface area (Å²) < 4.78 is 0. The number of rotatable bonds is 7. The third-order valence-corrected chi connectivity index (χ3v) is 3.19. The van der Waals surface area contributed by atoms with Gasteiger partial charge in [0.05, 0.1) is 0 Å². The van der Waals surface area contributed by atoms with E-state index < -0.39 is 0 Å². The maximum atomic E-state index is 4.35. The Bertz CT molecular complexity index is 363. The molecule has 2 N–H and O–H groups in total. The standard InChI is InChI=1S/C14H26N4/c1-6-8-15-13-11(5)14(17-9-16-13)18-12(7-2)10(3)4/h9-10,12H,6-8H2,1-5H3,(H2,15,16,17,18). The topological polar surface area (TPSA) is 49.8 Å². The molecule has 18 heavy (non-hydrogen) atoms. The zero-order valence-corrected chi connectivity index (χ0v) is 12.2. The van der Waals surface area contributed by atoms with Crippen LogP contribution in [0.15, 0.2) is 6.33 Å². The van der Waals surface area contributed by atoms with Crippen molar-refractivity contribution in [1.29, 1.82) is 0 Å². The van der Waals surface area contributed by atoms with Crippen molar-refractivity contribution in [3.05, 3.63) is 11.9 Å². The van der Waals surface area contributed by atoms with E-state index in [1.54, 1.807) is 6.33 Å². The summed E-state index contributed by atoms with van der Waals surface area (Å²) in [5.41, 5.74) is 1.10. The minimum Gasteiger partial charge on any atom is -0.370 e. The van der Waals surface area contributed by atoms with Gasteiger partial charge in [0.1, 0.15) is 18.0 Å². The first-order valence-corrected chi connectivity index (χ1v) is 6.92. The Morgan fingerprint density at radius 3 is 2.39 bits per heavy atom. The fourth-order valence-electron chi connectivity index (χ4n) is 1.93. The summed E-state index contributed by atoms with van der Waals surface area (Å²) in [6.07, 6.45) is 3.81. The molecule has 4 nitrogen and oxygen atoms in total. The number of nitrogens with one attached hydrogen (secondary N) is 2. The van der Waals surface area contributed by atoms with Gasteiger partial charge in [0, 0.05) is 18.2 Å². The molecule has 4 heteroatoms. The lowest BCUT2D eigenvalue weighted by molar-refractivity contribution is 0.509. The van der Waals surface area contributed by atoms with Crippen molar-refractivity contribution in [2.45, 2.75) is 53.5 Å². The zero-order chi connectivity index (χ0) is 13.5. The molecule has 0 spiro atoms. The molecule has 0 aliphatic heterocycles. The summed E-state index contributed by atoms with van der Waals surface area (Å²) in [4.78, 5) is 8.65. The molecule has 0 saturated carbocycles.